The molecule has 7 nitrogen and oxygen atoms in total. The monoisotopic (exact) mass is 471 g/mol. The highest BCUT2D eigenvalue weighted by atomic mass is 16.1. The zero-order valence-corrected chi connectivity index (χ0v) is 21.0. The Morgan fingerprint density at radius 2 is 2.00 bits per heavy atom. The summed E-state index contributed by atoms with van der Waals surface area (Å²) in [5, 5.41) is 2.97. The standard InChI is InChI=1S/C28H33N5O2/c1-6-19-11-22-23(27(34)30-14-24-17(4)10-18(5)31-28(24)35)13-25(20-8-7-9-21(29)12-20)32-26(22)33(15-19)16(2)3/h7-13,16H,6,14-15,29H2,1-5H3,(H,30,34)(H,31,35). The van der Waals surface area contributed by atoms with E-state index in [1.165, 1.54) is 5.57 Å². The minimum Gasteiger partial charge on any atom is -0.399 e. The van der Waals surface area contributed by atoms with E-state index < -0.39 is 0 Å². The number of fused-ring (bicyclic) bond motifs is 1. The van der Waals surface area contributed by atoms with Gasteiger partial charge in [-0.3, -0.25) is 9.59 Å². The SMILES string of the molecule is CCC1=Cc2c(C(=O)NCc3c(C)cc(C)[nH]c3=O)cc(-c3cccc(N)c3)nc2N(C(C)C)C1. The van der Waals surface area contributed by atoms with Crippen molar-refractivity contribution in [3.8, 4) is 11.3 Å². The molecule has 0 atom stereocenters. The van der Waals surface area contributed by atoms with Crippen molar-refractivity contribution in [2.75, 3.05) is 17.2 Å². The van der Waals surface area contributed by atoms with Crippen LogP contribution in [0.1, 0.15) is 59.9 Å². The van der Waals surface area contributed by atoms with Crippen molar-refractivity contribution in [3.63, 3.8) is 0 Å². The Bertz CT molecular complexity index is 1370. The Morgan fingerprint density at radius 3 is 2.66 bits per heavy atom. The van der Waals surface area contributed by atoms with E-state index in [-0.39, 0.29) is 24.1 Å². The average Bonchev–Trinajstić information content (AvgIpc) is 2.81. The number of hydrogen-bond acceptors (Lipinski definition) is 5. The van der Waals surface area contributed by atoms with Crippen LogP contribution < -0.4 is 21.5 Å². The third kappa shape index (κ3) is 4.99. The summed E-state index contributed by atoms with van der Waals surface area (Å²) in [6.07, 6.45) is 2.97. The molecule has 7 heteroatoms. The number of nitrogens with two attached hydrogens (primary N) is 1. The molecular formula is C28H33N5O2. The molecule has 0 fully saturated rings. The van der Waals surface area contributed by atoms with Crippen LogP contribution in [0.25, 0.3) is 17.3 Å². The van der Waals surface area contributed by atoms with Crippen LogP contribution >= 0.6 is 0 Å². The molecule has 0 bridgehead atoms. The molecule has 35 heavy (non-hydrogen) atoms. The Morgan fingerprint density at radius 1 is 1.23 bits per heavy atom. The maximum Gasteiger partial charge on any atom is 0.253 e. The predicted molar refractivity (Wildman–Crippen MR) is 143 cm³/mol. The summed E-state index contributed by atoms with van der Waals surface area (Å²) in [5.74, 6) is 0.539. The van der Waals surface area contributed by atoms with E-state index >= 15 is 0 Å². The van der Waals surface area contributed by atoms with Crippen molar-refractivity contribution < 1.29 is 4.79 Å². The van der Waals surface area contributed by atoms with E-state index in [9.17, 15) is 9.59 Å². The number of hydrogen-bond donors (Lipinski definition) is 3. The van der Waals surface area contributed by atoms with Crippen LogP contribution in [0, 0.1) is 13.8 Å². The van der Waals surface area contributed by atoms with E-state index in [1.807, 2.05) is 50.2 Å². The molecule has 1 aliphatic heterocycles. The lowest BCUT2D eigenvalue weighted by Crippen LogP contribution is -2.37. The van der Waals surface area contributed by atoms with Crippen LogP contribution in [0.2, 0.25) is 0 Å². The van der Waals surface area contributed by atoms with Crippen LogP contribution in [0.5, 0.6) is 0 Å². The Labute approximate surface area is 206 Å². The van der Waals surface area contributed by atoms with Crippen LogP contribution in [0.15, 0.2) is 46.8 Å². The van der Waals surface area contributed by atoms with Gasteiger partial charge in [0.15, 0.2) is 0 Å². The van der Waals surface area contributed by atoms with Gasteiger partial charge < -0.3 is 20.9 Å². The second-order valence-electron chi connectivity index (χ2n) is 9.42. The van der Waals surface area contributed by atoms with Gasteiger partial charge in [-0.05, 0) is 70.0 Å². The van der Waals surface area contributed by atoms with Gasteiger partial charge >= 0.3 is 0 Å². The lowest BCUT2D eigenvalue weighted by atomic mass is 9.96. The number of amides is 1. The minimum absolute atomic E-state index is 0.142. The Balaban J connectivity index is 1.81. The molecule has 182 valence electrons. The highest BCUT2D eigenvalue weighted by Gasteiger charge is 2.27. The summed E-state index contributed by atoms with van der Waals surface area (Å²) in [5.41, 5.74) is 12.8. The molecule has 4 rings (SSSR count). The third-order valence-electron chi connectivity index (χ3n) is 6.46. The Kier molecular flexibility index (Phi) is 6.78. The number of aromatic amines is 1. The molecule has 0 saturated carbocycles. The summed E-state index contributed by atoms with van der Waals surface area (Å²) < 4.78 is 0. The zero-order valence-electron chi connectivity index (χ0n) is 21.0. The number of nitrogens with one attached hydrogen (secondary N) is 2. The van der Waals surface area contributed by atoms with Crippen LogP contribution in [-0.2, 0) is 6.54 Å². The fourth-order valence-electron chi connectivity index (χ4n) is 4.49. The van der Waals surface area contributed by atoms with Gasteiger partial charge in [-0.15, -0.1) is 0 Å². The summed E-state index contributed by atoms with van der Waals surface area (Å²) in [6, 6.07) is 11.5. The first-order chi connectivity index (χ1) is 16.7. The molecule has 0 radical (unpaired) electrons. The zero-order chi connectivity index (χ0) is 25.3. The van der Waals surface area contributed by atoms with Crippen molar-refractivity contribution in [1.82, 2.24) is 15.3 Å². The predicted octanol–water partition coefficient (Wildman–Crippen LogP) is 4.59. The Hall–Kier alpha value is -3.87. The molecule has 3 heterocycles. The number of H-pyrrole nitrogens is 1. The maximum absolute atomic E-state index is 13.6. The van der Waals surface area contributed by atoms with E-state index in [4.69, 9.17) is 10.7 Å². The lowest BCUT2D eigenvalue weighted by Gasteiger charge is -2.34. The number of nitrogens with zero attached hydrogens (tertiary/aromatic N) is 2. The quantitative estimate of drug-likeness (QED) is 0.456. The van der Waals surface area contributed by atoms with Crippen molar-refractivity contribution in [1.29, 1.82) is 0 Å². The second kappa shape index (κ2) is 9.78. The fraction of sp³-hybridized carbons (Fsp3) is 0.321. The molecule has 1 aromatic carbocycles. The number of carbonyl (C=O) groups is 1. The summed E-state index contributed by atoms with van der Waals surface area (Å²) in [7, 11) is 0. The van der Waals surface area contributed by atoms with Crippen molar-refractivity contribution >= 4 is 23.5 Å². The average molecular weight is 472 g/mol. The minimum atomic E-state index is -0.245. The highest BCUT2D eigenvalue weighted by Crippen LogP contribution is 2.35. The summed E-state index contributed by atoms with van der Waals surface area (Å²) in [6.45, 7) is 11.0. The first kappa shape index (κ1) is 24.3. The van der Waals surface area contributed by atoms with Gasteiger partial charge in [0, 0.05) is 47.2 Å². The van der Waals surface area contributed by atoms with E-state index in [0.717, 1.165) is 41.2 Å². The maximum atomic E-state index is 13.6. The topological polar surface area (TPSA) is 104 Å². The van der Waals surface area contributed by atoms with Gasteiger partial charge in [0.25, 0.3) is 11.5 Å². The molecule has 0 aliphatic carbocycles. The van der Waals surface area contributed by atoms with Crippen LogP contribution in [0.4, 0.5) is 11.5 Å². The number of benzene rings is 1. The fourth-order valence-corrected chi connectivity index (χ4v) is 4.49. The van der Waals surface area contributed by atoms with Crippen molar-refractivity contribution in [3.05, 3.63) is 80.3 Å². The number of rotatable bonds is 6. The smallest absolute Gasteiger partial charge is 0.253 e. The van der Waals surface area contributed by atoms with Crippen molar-refractivity contribution in [2.24, 2.45) is 0 Å². The van der Waals surface area contributed by atoms with Crippen molar-refractivity contribution in [2.45, 2.75) is 53.6 Å². The summed E-state index contributed by atoms with van der Waals surface area (Å²) >= 11 is 0. The first-order valence-corrected chi connectivity index (χ1v) is 12.0. The van der Waals surface area contributed by atoms with Gasteiger partial charge in [-0.25, -0.2) is 4.98 Å². The molecule has 0 spiro atoms. The molecule has 1 amide bonds. The van der Waals surface area contributed by atoms with Gasteiger partial charge in [0.2, 0.25) is 0 Å². The number of carbonyl (C=O) groups excluding carboxylic acids is 1. The van der Waals surface area contributed by atoms with E-state index in [0.29, 0.717) is 22.5 Å². The molecule has 0 unspecified atom stereocenters. The van der Waals surface area contributed by atoms with Gasteiger partial charge in [0.05, 0.1) is 11.3 Å². The van der Waals surface area contributed by atoms with Crippen LogP contribution in [0.3, 0.4) is 0 Å². The molecule has 0 saturated heterocycles. The van der Waals surface area contributed by atoms with Gasteiger partial charge in [0.1, 0.15) is 5.82 Å². The highest BCUT2D eigenvalue weighted by molar-refractivity contribution is 6.01. The van der Waals surface area contributed by atoms with E-state index in [2.05, 4.69) is 42.0 Å². The molecule has 3 aromatic rings. The normalized spacial score (nSPS) is 13.0. The van der Waals surface area contributed by atoms with E-state index in [1.54, 1.807) is 0 Å². The van der Waals surface area contributed by atoms with Gasteiger partial charge in [-0.1, -0.05) is 24.6 Å². The molecule has 1 aliphatic rings. The largest absolute Gasteiger partial charge is 0.399 e. The lowest BCUT2D eigenvalue weighted by molar-refractivity contribution is 0.0950. The third-order valence-corrected chi connectivity index (χ3v) is 6.46. The number of aromatic nitrogens is 2. The van der Waals surface area contributed by atoms with Gasteiger partial charge in [-0.2, -0.15) is 0 Å². The summed E-state index contributed by atoms with van der Waals surface area (Å²) in [4.78, 5) is 36.1. The molecule has 2 aromatic heterocycles. The molecular weight excluding hydrogens is 438 g/mol. The molecule has 4 N–H and O–H groups in total. The number of aryl methyl sites for hydroxylation is 2. The number of pyridine rings is 2. The second-order valence-corrected chi connectivity index (χ2v) is 9.42. The number of anilines is 2. The van der Waals surface area contributed by atoms with Crippen LogP contribution in [-0.4, -0.2) is 28.5 Å². The number of nitrogen functional groups attached to an aromatic ring is 1. The first-order valence-electron chi connectivity index (χ1n) is 12.0.